The molecule has 0 saturated heterocycles. The molecule has 0 spiro atoms. The molecule has 0 unspecified atom stereocenters. The van der Waals surface area contributed by atoms with E-state index >= 15 is 0 Å². The second kappa shape index (κ2) is 10.6. The normalized spacial score (nSPS) is 10.7. The van der Waals surface area contributed by atoms with Crippen molar-refractivity contribution in [1.82, 2.24) is 0 Å². The van der Waals surface area contributed by atoms with Gasteiger partial charge in [-0.3, -0.25) is 0 Å². The summed E-state index contributed by atoms with van der Waals surface area (Å²) in [5.41, 5.74) is 2.15. The van der Waals surface area contributed by atoms with Gasteiger partial charge in [0, 0.05) is 13.2 Å². The maximum Gasteiger partial charge on any atom is 0.142 e. The molecule has 0 aromatic heterocycles. The predicted molar refractivity (Wildman–Crippen MR) is 103 cm³/mol. The quantitative estimate of drug-likeness (QED) is 0.598. The summed E-state index contributed by atoms with van der Waals surface area (Å²) in [6.45, 7) is 9.57. The zero-order valence-electron chi connectivity index (χ0n) is 15.5. The standard InChI is InChI=1S/C21H29NO3/c1-4-23-12-13-24-21-11-6-5-10-20(21)22-15-18-8-7-9-19(14-18)25-16-17(2)3/h5-11,14,17,22H,4,12-13,15-16H2,1-3H3. The molecule has 4 heteroatoms. The smallest absolute Gasteiger partial charge is 0.142 e. The minimum absolute atomic E-state index is 0.516. The van der Waals surface area contributed by atoms with Crippen molar-refractivity contribution in [2.45, 2.75) is 27.3 Å². The van der Waals surface area contributed by atoms with Crippen molar-refractivity contribution in [3.05, 3.63) is 54.1 Å². The third kappa shape index (κ3) is 7.06. The van der Waals surface area contributed by atoms with Gasteiger partial charge in [0.15, 0.2) is 0 Å². The van der Waals surface area contributed by atoms with Crippen LogP contribution in [0.4, 0.5) is 5.69 Å². The molecule has 0 radical (unpaired) electrons. The Bertz CT molecular complexity index is 628. The molecule has 0 atom stereocenters. The van der Waals surface area contributed by atoms with Crippen LogP contribution < -0.4 is 14.8 Å². The number of para-hydroxylation sites is 2. The molecule has 0 aliphatic heterocycles. The van der Waals surface area contributed by atoms with Crippen LogP contribution >= 0.6 is 0 Å². The van der Waals surface area contributed by atoms with Gasteiger partial charge < -0.3 is 19.5 Å². The highest BCUT2D eigenvalue weighted by Crippen LogP contribution is 2.25. The first-order valence-corrected chi connectivity index (χ1v) is 8.94. The van der Waals surface area contributed by atoms with E-state index in [2.05, 4.69) is 31.3 Å². The highest BCUT2D eigenvalue weighted by atomic mass is 16.5. The van der Waals surface area contributed by atoms with Gasteiger partial charge in [0.1, 0.15) is 18.1 Å². The van der Waals surface area contributed by atoms with Crippen molar-refractivity contribution in [2.75, 3.05) is 31.7 Å². The summed E-state index contributed by atoms with van der Waals surface area (Å²) < 4.78 is 16.9. The molecule has 0 saturated carbocycles. The Kier molecular flexibility index (Phi) is 8.13. The zero-order chi connectivity index (χ0) is 17.9. The fourth-order valence-corrected chi connectivity index (χ4v) is 2.30. The Hall–Kier alpha value is -2.20. The van der Waals surface area contributed by atoms with E-state index in [1.807, 2.05) is 43.3 Å². The molecule has 2 rings (SSSR count). The SMILES string of the molecule is CCOCCOc1ccccc1NCc1cccc(OCC(C)C)c1. The average Bonchev–Trinajstić information content (AvgIpc) is 2.63. The van der Waals surface area contributed by atoms with E-state index < -0.39 is 0 Å². The van der Waals surface area contributed by atoms with Crippen LogP contribution in [0.2, 0.25) is 0 Å². The second-order valence-corrected chi connectivity index (χ2v) is 6.25. The minimum Gasteiger partial charge on any atom is -0.493 e. The number of rotatable bonds is 11. The van der Waals surface area contributed by atoms with Gasteiger partial charge in [-0.2, -0.15) is 0 Å². The van der Waals surface area contributed by atoms with Gasteiger partial charge in [0.2, 0.25) is 0 Å². The number of nitrogens with one attached hydrogen (secondary N) is 1. The second-order valence-electron chi connectivity index (χ2n) is 6.25. The molecule has 0 heterocycles. The maximum atomic E-state index is 5.80. The summed E-state index contributed by atoms with van der Waals surface area (Å²) in [7, 11) is 0. The fraction of sp³-hybridized carbons (Fsp3) is 0.429. The van der Waals surface area contributed by atoms with Crippen molar-refractivity contribution in [3.8, 4) is 11.5 Å². The van der Waals surface area contributed by atoms with E-state index in [4.69, 9.17) is 14.2 Å². The average molecular weight is 343 g/mol. The highest BCUT2D eigenvalue weighted by Gasteiger charge is 2.04. The molecule has 136 valence electrons. The lowest BCUT2D eigenvalue weighted by Crippen LogP contribution is -2.08. The van der Waals surface area contributed by atoms with Crippen LogP contribution in [0.25, 0.3) is 0 Å². The van der Waals surface area contributed by atoms with Crippen LogP contribution in [-0.4, -0.2) is 26.4 Å². The molecule has 0 fully saturated rings. The summed E-state index contributed by atoms with van der Waals surface area (Å²) >= 11 is 0. The van der Waals surface area contributed by atoms with Crippen LogP contribution in [0, 0.1) is 5.92 Å². The molecule has 2 aromatic carbocycles. The third-order valence-corrected chi connectivity index (χ3v) is 3.54. The van der Waals surface area contributed by atoms with Crippen molar-refractivity contribution >= 4 is 5.69 Å². The van der Waals surface area contributed by atoms with E-state index in [0.29, 0.717) is 32.3 Å². The highest BCUT2D eigenvalue weighted by molar-refractivity contribution is 5.56. The number of hydrogen-bond acceptors (Lipinski definition) is 4. The van der Waals surface area contributed by atoms with Crippen molar-refractivity contribution < 1.29 is 14.2 Å². The molecule has 0 amide bonds. The number of hydrogen-bond donors (Lipinski definition) is 1. The Labute approximate surface area is 151 Å². The van der Waals surface area contributed by atoms with Crippen LogP contribution in [0.3, 0.4) is 0 Å². The van der Waals surface area contributed by atoms with Crippen molar-refractivity contribution in [3.63, 3.8) is 0 Å². The van der Waals surface area contributed by atoms with Gasteiger partial charge in [0.25, 0.3) is 0 Å². The molecule has 25 heavy (non-hydrogen) atoms. The summed E-state index contributed by atoms with van der Waals surface area (Å²) in [5.74, 6) is 2.27. The molecule has 0 bridgehead atoms. The molecule has 4 nitrogen and oxygen atoms in total. The van der Waals surface area contributed by atoms with Crippen LogP contribution in [0.15, 0.2) is 48.5 Å². The Morgan fingerprint density at radius 2 is 1.80 bits per heavy atom. The van der Waals surface area contributed by atoms with Crippen molar-refractivity contribution in [1.29, 1.82) is 0 Å². The molecule has 0 aliphatic carbocycles. The van der Waals surface area contributed by atoms with Gasteiger partial charge in [0.05, 0.1) is 18.9 Å². The van der Waals surface area contributed by atoms with Crippen LogP contribution in [0.1, 0.15) is 26.3 Å². The summed E-state index contributed by atoms with van der Waals surface area (Å²) in [4.78, 5) is 0. The van der Waals surface area contributed by atoms with Crippen LogP contribution in [-0.2, 0) is 11.3 Å². The Morgan fingerprint density at radius 1 is 0.960 bits per heavy atom. The molecular weight excluding hydrogens is 314 g/mol. The summed E-state index contributed by atoms with van der Waals surface area (Å²) in [6.07, 6.45) is 0. The van der Waals surface area contributed by atoms with E-state index in [9.17, 15) is 0 Å². The third-order valence-electron chi connectivity index (χ3n) is 3.54. The van der Waals surface area contributed by atoms with Gasteiger partial charge in [-0.15, -0.1) is 0 Å². The molecule has 2 aromatic rings. The maximum absolute atomic E-state index is 5.80. The zero-order valence-corrected chi connectivity index (χ0v) is 15.5. The minimum atomic E-state index is 0.516. The van der Waals surface area contributed by atoms with Gasteiger partial charge in [-0.25, -0.2) is 0 Å². The number of ether oxygens (including phenoxy) is 3. The topological polar surface area (TPSA) is 39.7 Å². The van der Waals surface area contributed by atoms with E-state index in [1.54, 1.807) is 0 Å². The van der Waals surface area contributed by atoms with E-state index in [-0.39, 0.29) is 0 Å². The first kappa shape index (κ1) is 19.1. The van der Waals surface area contributed by atoms with Crippen molar-refractivity contribution in [2.24, 2.45) is 5.92 Å². The van der Waals surface area contributed by atoms with E-state index in [0.717, 1.165) is 23.8 Å². The van der Waals surface area contributed by atoms with Gasteiger partial charge >= 0.3 is 0 Å². The Morgan fingerprint density at radius 3 is 2.60 bits per heavy atom. The lowest BCUT2D eigenvalue weighted by Gasteiger charge is -2.14. The molecule has 0 aliphatic rings. The predicted octanol–water partition coefficient (Wildman–Crippen LogP) is 4.75. The van der Waals surface area contributed by atoms with Gasteiger partial charge in [-0.1, -0.05) is 38.1 Å². The summed E-state index contributed by atoms with van der Waals surface area (Å²) in [6, 6.07) is 16.2. The lowest BCUT2D eigenvalue weighted by molar-refractivity contribution is 0.110. The summed E-state index contributed by atoms with van der Waals surface area (Å²) in [5, 5.41) is 3.44. The first-order valence-electron chi connectivity index (χ1n) is 8.94. The van der Waals surface area contributed by atoms with Gasteiger partial charge in [-0.05, 0) is 42.7 Å². The van der Waals surface area contributed by atoms with Crippen LogP contribution in [0.5, 0.6) is 11.5 Å². The first-order chi connectivity index (χ1) is 12.2. The monoisotopic (exact) mass is 343 g/mol. The Balaban J connectivity index is 1.91. The molecule has 1 N–H and O–H groups in total. The largest absolute Gasteiger partial charge is 0.493 e. The number of benzene rings is 2. The number of anilines is 1. The fourth-order valence-electron chi connectivity index (χ4n) is 2.30. The lowest BCUT2D eigenvalue weighted by atomic mass is 10.2. The molecular formula is C21H29NO3. The van der Waals surface area contributed by atoms with E-state index in [1.165, 1.54) is 5.56 Å².